The molecule has 0 aromatic heterocycles. The van der Waals surface area contributed by atoms with Crippen LogP contribution in [0.25, 0.3) is 0 Å². The van der Waals surface area contributed by atoms with Gasteiger partial charge in [0.05, 0.1) is 18.1 Å². The molecule has 7 heteroatoms. The summed E-state index contributed by atoms with van der Waals surface area (Å²) in [4.78, 5) is 23.9. The van der Waals surface area contributed by atoms with Crippen LogP contribution in [-0.4, -0.2) is 47.2 Å². The van der Waals surface area contributed by atoms with Crippen molar-refractivity contribution >= 4 is 23.5 Å². The van der Waals surface area contributed by atoms with Crippen LogP contribution in [0.15, 0.2) is 12.1 Å². The lowest BCUT2D eigenvalue weighted by molar-refractivity contribution is -0.137. The Morgan fingerprint density at radius 1 is 1.40 bits per heavy atom. The predicted octanol–water partition coefficient (Wildman–Crippen LogP) is 1.99. The number of aliphatic carboxylic acids is 1. The molecule has 20 heavy (non-hydrogen) atoms. The second-order valence-corrected chi connectivity index (χ2v) is 4.52. The summed E-state index contributed by atoms with van der Waals surface area (Å²) in [5.74, 6) is -1.48. The van der Waals surface area contributed by atoms with Gasteiger partial charge in [-0.25, -0.2) is 0 Å². The summed E-state index contributed by atoms with van der Waals surface area (Å²) in [5.41, 5.74) is 0.226. The first kappa shape index (κ1) is 16.1. The first-order valence-electron chi connectivity index (χ1n) is 5.99. The molecule has 0 aliphatic heterocycles. The molecule has 0 radical (unpaired) electrons. The first-order chi connectivity index (χ1) is 9.36. The third kappa shape index (κ3) is 4.03. The SMILES string of the molecule is CCOc1cc(C(=O)N(C)CCC(=O)O)cc(Cl)c1O. The average Bonchev–Trinajstić information content (AvgIpc) is 2.40. The summed E-state index contributed by atoms with van der Waals surface area (Å²) in [6.07, 6.45) is -0.146. The minimum absolute atomic E-state index is 0.00549. The van der Waals surface area contributed by atoms with Crippen LogP contribution < -0.4 is 4.74 Å². The number of hydrogen-bond donors (Lipinski definition) is 2. The number of aromatic hydroxyl groups is 1. The van der Waals surface area contributed by atoms with Crippen LogP contribution in [0.1, 0.15) is 23.7 Å². The number of carboxylic acids is 1. The van der Waals surface area contributed by atoms with Crippen molar-refractivity contribution in [3.05, 3.63) is 22.7 Å². The van der Waals surface area contributed by atoms with E-state index in [2.05, 4.69) is 0 Å². The van der Waals surface area contributed by atoms with Gasteiger partial charge in [-0.3, -0.25) is 9.59 Å². The van der Waals surface area contributed by atoms with Crippen LogP contribution in [0.2, 0.25) is 5.02 Å². The first-order valence-corrected chi connectivity index (χ1v) is 6.37. The van der Waals surface area contributed by atoms with Gasteiger partial charge < -0.3 is 19.8 Å². The molecular weight excluding hydrogens is 286 g/mol. The molecule has 1 aromatic rings. The van der Waals surface area contributed by atoms with Crippen molar-refractivity contribution in [2.24, 2.45) is 0 Å². The van der Waals surface area contributed by atoms with Crippen molar-refractivity contribution in [3.63, 3.8) is 0 Å². The zero-order valence-electron chi connectivity index (χ0n) is 11.2. The highest BCUT2D eigenvalue weighted by atomic mass is 35.5. The van der Waals surface area contributed by atoms with Gasteiger partial charge in [-0.2, -0.15) is 0 Å². The van der Waals surface area contributed by atoms with Gasteiger partial charge >= 0.3 is 5.97 Å². The van der Waals surface area contributed by atoms with E-state index in [0.29, 0.717) is 6.61 Å². The molecule has 0 heterocycles. The van der Waals surface area contributed by atoms with Crippen LogP contribution in [0.3, 0.4) is 0 Å². The molecule has 1 aromatic carbocycles. The quantitative estimate of drug-likeness (QED) is 0.839. The number of hydrogen-bond acceptors (Lipinski definition) is 4. The normalized spacial score (nSPS) is 10.2. The molecule has 0 bridgehead atoms. The molecule has 0 aliphatic rings. The topological polar surface area (TPSA) is 87.1 Å². The van der Waals surface area contributed by atoms with Crippen LogP contribution >= 0.6 is 11.6 Å². The Bertz CT molecular complexity index is 518. The Balaban J connectivity index is 2.95. The van der Waals surface area contributed by atoms with Crippen LogP contribution in [-0.2, 0) is 4.79 Å². The Morgan fingerprint density at radius 3 is 2.60 bits per heavy atom. The third-order valence-corrected chi connectivity index (χ3v) is 2.87. The number of carbonyl (C=O) groups is 2. The zero-order valence-corrected chi connectivity index (χ0v) is 12.0. The molecule has 0 saturated carbocycles. The molecule has 0 spiro atoms. The highest BCUT2D eigenvalue weighted by molar-refractivity contribution is 6.32. The Labute approximate surface area is 121 Å². The van der Waals surface area contributed by atoms with E-state index in [0.717, 1.165) is 0 Å². The predicted molar refractivity (Wildman–Crippen MR) is 73.5 cm³/mol. The van der Waals surface area contributed by atoms with Gasteiger partial charge in [0.25, 0.3) is 5.91 Å². The summed E-state index contributed by atoms with van der Waals surface area (Å²) >= 11 is 5.84. The monoisotopic (exact) mass is 301 g/mol. The summed E-state index contributed by atoms with van der Waals surface area (Å²) in [6, 6.07) is 2.70. The lowest BCUT2D eigenvalue weighted by Gasteiger charge is -2.17. The van der Waals surface area contributed by atoms with Crippen molar-refractivity contribution in [2.75, 3.05) is 20.2 Å². The van der Waals surface area contributed by atoms with E-state index in [4.69, 9.17) is 21.4 Å². The number of amides is 1. The summed E-state index contributed by atoms with van der Waals surface area (Å²) in [5, 5.41) is 18.3. The van der Waals surface area contributed by atoms with E-state index in [1.807, 2.05) is 0 Å². The minimum atomic E-state index is -0.983. The van der Waals surface area contributed by atoms with Crippen LogP contribution in [0.4, 0.5) is 0 Å². The number of halogens is 1. The van der Waals surface area contributed by atoms with Crippen molar-refractivity contribution in [1.29, 1.82) is 0 Å². The van der Waals surface area contributed by atoms with Gasteiger partial charge in [-0.05, 0) is 19.1 Å². The molecule has 0 unspecified atom stereocenters. The standard InChI is InChI=1S/C13H16ClNO5/c1-3-20-10-7-8(6-9(14)12(10)18)13(19)15(2)5-4-11(16)17/h6-7,18H,3-5H2,1-2H3,(H,16,17). The summed E-state index contributed by atoms with van der Waals surface area (Å²) in [6.45, 7) is 2.13. The zero-order chi connectivity index (χ0) is 15.3. The van der Waals surface area contributed by atoms with Gasteiger partial charge in [0.2, 0.25) is 0 Å². The molecule has 1 rings (SSSR count). The molecule has 0 aliphatic carbocycles. The number of phenols is 1. The summed E-state index contributed by atoms with van der Waals surface area (Å²) < 4.78 is 5.19. The number of rotatable bonds is 6. The van der Waals surface area contributed by atoms with Crippen molar-refractivity contribution in [3.8, 4) is 11.5 Å². The fraction of sp³-hybridized carbons (Fsp3) is 0.385. The van der Waals surface area contributed by atoms with E-state index in [-0.39, 0.29) is 35.1 Å². The van der Waals surface area contributed by atoms with Gasteiger partial charge in [0, 0.05) is 19.2 Å². The maximum absolute atomic E-state index is 12.1. The van der Waals surface area contributed by atoms with Crippen LogP contribution in [0, 0.1) is 0 Å². The molecule has 2 N–H and O–H groups in total. The van der Waals surface area contributed by atoms with E-state index < -0.39 is 11.9 Å². The van der Waals surface area contributed by atoms with Crippen molar-refractivity contribution in [1.82, 2.24) is 4.90 Å². The highest BCUT2D eigenvalue weighted by Gasteiger charge is 2.17. The minimum Gasteiger partial charge on any atom is -0.503 e. The second kappa shape index (κ2) is 7.00. The van der Waals surface area contributed by atoms with Gasteiger partial charge in [-0.1, -0.05) is 11.6 Å². The lowest BCUT2D eigenvalue weighted by Crippen LogP contribution is -2.29. The number of carbonyl (C=O) groups excluding carboxylic acids is 1. The van der Waals surface area contributed by atoms with E-state index in [1.54, 1.807) is 6.92 Å². The van der Waals surface area contributed by atoms with Gasteiger partial charge in [0.15, 0.2) is 11.5 Å². The number of benzene rings is 1. The van der Waals surface area contributed by atoms with E-state index >= 15 is 0 Å². The maximum atomic E-state index is 12.1. The molecular formula is C13H16ClNO5. The largest absolute Gasteiger partial charge is 0.503 e. The maximum Gasteiger partial charge on any atom is 0.305 e. The van der Waals surface area contributed by atoms with Crippen molar-refractivity contribution in [2.45, 2.75) is 13.3 Å². The summed E-state index contributed by atoms with van der Waals surface area (Å²) in [7, 11) is 1.49. The molecule has 0 fully saturated rings. The van der Waals surface area contributed by atoms with E-state index in [1.165, 1.54) is 24.1 Å². The Morgan fingerprint density at radius 2 is 2.05 bits per heavy atom. The fourth-order valence-electron chi connectivity index (χ4n) is 1.55. The Hall–Kier alpha value is -1.95. The Kier molecular flexibility index (Phi) is 5.64. The molecule has 1 amide bonds. The lowest BCUT2D eigenvalue weighted by atomic mass is 10.1. The van der Waals surface area contributed by atoms with Gasteiger partial charge in [-0.15, -0.1) is 0 Å². The molecule has 6 nitrogen and oxygen atoms in total. The number of carboxylic acid groups (broad SMARTS) is 1. The van der Waals surface area contributed by atoms with Crippen LogP contribution in [0.5, 0.6) is 11.5 Å². The molecule has 110 valence electrons. The highest BCUT2D eigenvalue weighted by Crippen LogP contribution is 2.35. The fourth-order valence-corrected chi connectivity index (χ4v) is 1.76. The molecule has 0 atom stereocenters. The van der Waals surface area contributed by atoms with Gasteiger partial charge in [0.1, 0.15) is 0 Å². The molecule has 0 saturated heterocycles. The number of nitrogens with zero attached hydrogens (tertiary/aromatic N) is 1. The average molecular weight is 302 g/mol. The number of phenolic OH excluding ortho intramolecular Hbond substituents is 1. The third-order valence-electron chi connectivity index (χ3n) is 2.58. The van der Waals surface area contributed by atoms with E-state index in [9.17, 15) is 14.7 Å². The smallest absolute Gasteiger partial charge is 0.305 e. The van der Waals surface area contributed by atoms with Crippen molar-refractivity contribution < 1.29 is 24.5 Å². The second-order valence-electron chi connectivity index (χ2n) is 4.11. The number of ether oxygens (including phenoxy) is 1.